The average molecular weight is 342 g/mol. The number of likely N-dealkylation sites (tertiary alicyclic amines) is 1. The van der Waals surface area contributed by atoms with Crippen molar-refractivity contribution < 1.29 is 13.2 Å². The molecular weight excluding hydrogens is 321 g/mol. The molecule has 0 saturated carbocycles. The van der Waals surface area contributed by atoms with Gasteiger partial charge in [0.25, 0.3) is 5.82 Å². The topological polar surface area (TPSA) is 58.4 Å². The van der Waals surface area contributed by atoms with Crippen molar-refractivity contribution in [2.45, 2.75) is 32.9 Å². The van der Waals surface area contributed by atoms with Crippen molar-refractivity contribution in [3.05, 3.63) is 17.0 Å². The first-order valence-corrected chi connectivity index (χ1v) is 7.99. The van der Waals surface area contributed by atoms with Crippen LogP contribution in [0.3, 0.4) is 0 Å². The van der Waals surface area contributed by atoms with E-state index < -0.39 is 12.0 Å². The minimum Gasteiger partial charge on any atom is -0.368 e. The van der Waals surface area contributed by atoms with Gasteiger partial charge in [-0.3, -0.25) is 0 Å². The fourth-order valence-corrected chi connectivity index (χ4v) is 3.15. The molecule has 6 nitrogen and oxygen atoms in total. The molecule has 1 N–H and O–H groups in total. The van der Waals surface area contributed by atoms with Crippen molar-refractivity contribution in [1.29, 1.82) is 0 Å². The molecule has 0 bridgehead atoms. The van der Waals surface area contributed by atoms with E-state index in [-0.39, 0.29) is 5.65 Å². The molecule has 0 amide bonds. The molecule has 0 aromatic carbocycles. The van der Waals surface area contributed by atoms with Gasteiger partial charge in [0.1, 0.15) is 5.82 Å². The first kappa shape index (κ1) is 16.9. The van der Waals surface area contributed by atoms with Gasteiger partial charge in [0, 0.05) is 18.7 Å². The number of fused-ring (bicyclic) bond motifs is 1. The summed E-state index contributed by atoms with van der Waals surface area (Å²) in [4.78, 5) is 2.27. The Labute approximate surface area is 138 Å². The van der Waals surface area contributed by atoms with Crippen molar-refractivity contribution in [2.75, 3.05) is 32.0 Å². The van der Waals surface area contributed by atoms with E-state index in [1.165, 1.54) is 0 Å². The van der Waals surface area contributed by atoms with Gasteiger partial charge in [-0.1, -0.05) is 0 Å². The van der Waals surface area contributed by atoms with Gasteiger partial charge >= 0.3 is 6.18 Å². The van der Waals surface area contributed by atoms with Crippen LogP contribution < -0.4 is 5.32 Å². The predicted octanol–water partition coefficient (Wildman–Crippen LogP) is 2.51. The van der Waals surface area contributed by atoms with Crippen LogP contribution in [0.15, 0.2) is 0 Å². The fraction of sp³-hybridized carbons (Fsp3) is 0.667. The van der Waals surface area contributed by atoms with Crippen LogP contribution in [0.1, 0.15) is 29.8 Å². The van der Waals surface area contributed by atoms with Crippen molar-refractivity contribution in [3.8, 4) is 0 Å². The van der Waals surface area contributed by atoms with Gasteiger partial charge in [-0.2, -0.15) is 17.7 Å². The molecule has 1 saturated heterocycles. The highest BCUT2D eigenvalue weighted by Gasteiger charge is 2.38. The van der Waals surface area contributed by atoms with E-state index in [0.717, 1.165) is 36.0 Å². The van der Waals surface area contributed by atoms with Crippen molar-refractivity contribution in [3.63, 3.8) is 0 Å². The first-order chi connectivity index (χ1) is 11.3. The molecule has 1 aliphatic heterocycles. The number of nitrogens with zero attached hydrogens (tertiary/aromatic N) is 5. The highest BCUT2D eigenvalue weighted by atomic mass is 19.4. The number of piperidine rings is 1. The number of alkyl halides is 3. The van der Waals surface area contributed by atoms with E-state index >= 15 is 0 Å². The van der Waals surface area contributed by atoms with Gasteiger partial charge in [-0.25, -0.2) is 0 Å². The zero-order valence-electron chi connectivity index (χ0n) is 14.0. The molecule has 2 aromatic rings. The Morgan fingerprint density at radius 1 is 1.21 bits per heavy atom. The number of aromatic nitrogens is 4. The Balaban J connectivity index is 1.88. The maximum absolute atomic E-state index is 13.0. The van der Waals surface area contributed by atoms with Gasteiger partial charge in [-0.05, 0) is 51.8 Å². The molecule has 1 fully saturated rings. The molecule has 0 spiro atoms. The highest BCUT2D eigenvalue weighted by Crippen LogP contribution is 2.29. The Bertz CT molecular complexity index is 739. The monoisotopic (exact) mass is 342 g/mol. The molecule has 2 aromatic heterocycles. The van der Waals surface area contributed by atoms with Gasteiger partial charge < -0.3 is 10.2 Å². The molecule has 3 rings (SSSR count). The van der Waals surface area contributed by atoms with Crippen LogP contribution in [-0.2, 0) is 6.18 Å². The summed E-state index contributed by atoms with van der Waals surface area (Å²) in [5.41, 5.74) is 1.59. The van der Waals surface area contributed by atoms with E-state index in [9.17, 15) is 13.2 Å². The van der Waals surface area contributed by atoms with Crippen LogP contribution in [0.4, 0.5) is 19.0 Å². The van der Waals surface area contributed by atoms with E-state index in [0.29, 0.717) is 23.8 Å². The van der Waals surface area contributed by atoms with Crippen LogP contribution in [0.5, 0.6) is 0 Å². The Morgan fingerprint density at radius 3 is 2.62 bits per heavy atom. The molecule has 1 unspecified atom stereocenters. The summed E-state index contributed by atoms with van der Waals surface area (Å²) < 4.78 is 39.9. The van der Waals surface area contributed by atoms with Crippen LogP contribution in [0.2, 0.25) is 0 Å². The van der Waals surface area contributed by atoms with E-state index in [2.05, 4.69) is 32.6 Å². The lowest BCUT2D eigenvalue weighted by Crippen LogP contribution is -2.35. The van der Waals surface area contributed by atoms with Crippen LogP contribution in [-0.4, -0.2) is 51.4 Å². The summed E-state index contributed by atoms with van der Waals surface area (Å²) in [5, 5.41) is 14.2. The van der Waals surface area contributed by atoms with Crippen molar-refractivity contribution in [2.24, 2.45) is 5.92 Å². The normalized spacial score (nSPS) is 19.8. The first-order valence-electron chi connectivity index (χ1n) is 7.99. The van der Waals surface area contributed by atoms with Gasteiger partial charge in [0.15, 0.2) is 5.65 Å². The van der Waals surface area contributed by atoms with Gasteiger partial charge in [-0.15, -0.1) is 15.3 Å². The van der Waals surface area contributed by atoms with E-state index in [1.807, 2.05) is 6.92 Å². The summed E-state index contributed by atoms with van der Waals surface area (Å²) in [6.45, 7) is 6.33. The second-order valence-electron chi connectivity index (χ2n) is 6.51. The standard InChI is InChI=1S/C15H21F3N6/c1-9-10(2)13-20-21-14(15(16,17)18)24(13)22-12(9)19-7-11-5-4-6-23(3)8-11/h11H,4-8H2,1-3H3,(H,19,22). The second kappa shape index (κ2) is 6.19. The van der Waals surface area contributed by atoms with Crippen LogP contribution in [0, 0.1) is 19.8 Å². The number of hydrogen-bond acceptors (Lipinski definition) is 5. The van der Waals surface area contributed by atoms with Crippen LogP contribution in [0.25, 0.3) is 5.65 Å². The largest absolute Gasteiger partial charge is 0.453 e. The number of halogens is 3. The minimum absolute atomic E-state index is 0.141. The molecular formula is C15H21F3N6. The number of anilines is 1. The van der Waals surface area contributed by atoms with E-state index in [4.69, 9.17) is 0 Å². The maximum atomic E-state index is 13.0. The second-order valence-corrected chi connectivity index (χ2v) is 6.51. The molecule has 1 aliphatic rings. The molecule has 132 valence electrons. The molecule has 1 atom stereocenters. The quantitative estimate of drug-likeness (QED) is 0.929. The van der Waals surface area contributed by atoms with Crippen LogP contribution >= 0.6 is 0 Å². The molecule has 0 radical (unpaired) electrons. The third kappa shape index (κ3) is 3.17. The SMILES string of the molecule is Cc1c(NCC2CCCN(C)C2)nn2c(C(F)(F)F)nnc2c1C. The number of nitrogens with one attached hydrogen (secondary N) is 1. The van der Waals surface area contributed by atoms with Gasteiger partial charge in [0.2, 0.25) is 0 Å². The summed E-state index contributed by atoms with van der Waals surface area (Å²) in [5.74, 6) is -0.177. The lowest BCUT2D eigenvalue weighted by molar-refractivity contribution is -0.146. The molecule has 24 heavy (non-hydrogen) atoms. The number of aryl methyl sites for hydroxylation is 1. The Morgan fingerprint density at radius 2 is 1.96 bits per heavy atom. The lowest BCUT2D eigenvalue weighted by Gasteiger charge is -2.30. The van der Waals surface area contributed by atoms with E-state index in [1.54, 1.807) is 6.92 Å². The molecule has 3 heterocycles. The minimum atomic E-state index is -4.59. The molecule has 0 aliphatic carbocycles. The summed E-state index contributed by atoms with van der Waals surface area (Å²) in [6, 6.07) is 0. The maximum Gasteiger partial charge on any atom is 0.453 e. The summed E-state index contributed by atoms with van der Waals surface area (Å²) >= 11 is 0. The highest BCUT2D eigenvalue weighted by molar-refractivity contribution is 5.58. The third-order valence-corrected chi connectivity index (χ3v) is 4.63. The third-order valence-electron chi connectivity index (χ3n) is 4.63. The zero-order chi connectivity index (χ0) is 17.5. The Kier molecular flexibility index (Phi) is 4.37. The number of hydrogen-bond donors (Lipinski definition) is 1. The smallest absolute Gasteiger partial charge is 0.368 e. The Hall–Kier alpha value is -1.90. The predicted molar refractivity (Wildman–Crippen MR) is 84.0 cm³/mol. The zero-order valence-corrected chi connectivity index (χ0v) is 14.0. The molecule has 9 heteroatoms. The number of rotatable bonds is 3. The summed E-state index contributed by atoms with van der Waals surface area (Å²) in [6.07, 6.45) is -2.34. The van der Waals surface area contributed by atoms with Gasteiger partial charge in [0.05, 0.1) is 0 Å². The fourth-order valence-electron chi connectivity index (χ4n) is 3.15. The average Bonchev–Trinajstić information content (AvgIpc) is 2.93. The van der Waals surface area contributed by atoms with Crippen molar-refractivity contribution >= 4 is 11.5 Å². The van der Waals surface area contributed by atoms with Crippen molar-refractivity contribution in [1.82, 2.24) is 24.7 Å². The lowest BCUT2D eigenvalue weighted by atomic mass is 9.98. The summed E-state index contributed by atoms with van der Waals surface area (Å²) in [7, 11) is 2.08.